The Hall–Kier alpha value is -1.33. The molecule has 0 aliphatic rings. The third-order valence-corrected chi connectivity index (χ3v) is 3.63. The van der Waals surface area contributed by atoms with Gasteiger partial charge in [0, 0.05) is 22.5 Å². The van der Waals surface area contributed by atoms with Crippen molar-refractivity contribution in [2.24, 2.45) is 0 Å². The van der Waals surface area contributed by atoms with E-state index in [0.717, 1.165) is 15.8 Å². The lowest BCUT2D eigenvalue weighted by Crippen LogP contribution is -2.25. The molecule has 1 aromatic carbocycles. The first-order valence-corrected chi connectivity index (χ1v) is 7.31. The van der Waals surface area contributed by atoms with Crippen molar-refractivity contribution in [1.29, 1.82) is 0 Å². The van der Waals surface area contributed by atoms with Crippen LogP contribution in [0.2, 0.25) is 5.15 Å². The van der Waals surface area contributed by atoms with Gasteiger partial charge in [-0.1, -0.05) is 34.5 Å². The maximum absolute atomic E-state index is 12.1. The van der Waals surface area contributed by atoms with E-state index in [0.29, 0.717) is 18.8 Å². The fourth-order valence-corrected chi connectivity index (χ4v) is 2.60. The number of hydrogen-bond donors (Lipinski definition) is 0. The molecule has 0 N–H and O–H groups in total. The Balaban J connectivity index is 2.50. The lowest BCUT2D eigenvalue weighted by atomic mass is 10.2. The van der Waals surface area contributed by atoms with Crippen LogP contribution in [0.5, 0.6) is 5.75 Å². The van der Waals surface area contributed by atoms with Crippen LogP contribution in [0.25, 0.3) is 0 Å². The highest BCUT2D eigenvalue weighted by molar-refractivity contribution is 9.10. The van der Waals surface area contributed by atoms with E-state index in [1.165, 1.54) is 6.07 Å². The number of benzene rings is 1. The summed E-state index contributed by atoms with van der Waals surface area (Å²) in [6.45, 7) is 2.33. The van der Waals surface area contributed by atoms with Crippen LogP contribution in [-0.2, 0) is 13.0 Å². The summed E-state index contributed by atoms with van der Waals surface area (Å²) in [5, 5.41) is 0.226. The van der Waals surface area contributed by atoms with E-state index in [9.17, 15) is 4.79 Å². The molecular weight excluding hydrogens is 344 g/mol. The average molecular weight is 358 g/mol. The molecule has 0 amide bonds. The van der Waals surface area contributed by atoms with Gasteiger partial charge in [0.1, 0.15) is 16.7 Å². The van der Waals surface area contributed by atoms with Crippen LogP contribution < -0.4 is 10.3 Å². The van der Waals surface area contributed by atoms with Crippen molar-refractivity contribution < 1.29 is 4.74 Å². The summed E-state index contributed by atoms with van der Waals surface area (Å²) in [4.78, 5) is 16.3. The van der Waals surface area contributed by atoms with Gasteiger partial charge in [0.15, 0.2) is 0 Å². The van der Waals surface area contributed by atoms with Gasteiger partial charge >= 0.3 is 0 Å². The third-order valence-electron chi connectivity index (χ3n) is 2.94. The molecule has 0 fully saturated rings. The Morgan fingerprint density at radius 2 is 2.15 bits per heavy atom. The summed E-state index contributed by atoms with van der Waals surface area (Å²) in [6, 6.07) is 7.01. The summed E-state index contributed by atoms with van der Waals surface area (Å²) < 4.78 is 7.87. The van der Waals surface area contributed by atoms with Gasteiger partial charge in [0.25, 0.3) is 5.56 Å². The third kappa shape index (κ3) is 3.22. The largest absolute Gasteiger partial charge is 0.496 e. The van der Waals surface area contributed by atoms with Gasteiger partial charge < -0.3 is 4.74 Å². The topological polar surface area (TPSA) is 44.1 Å². The minimum atomic E-state index is -0.163. The van der Waals surface area contributed by atoms with E-state index in [4.69, 9.17) is 16.3 Å². The minimum absolute atomic E-state index is 0.163. The molecular formula is C14H14BrClN2O2. The van der Waals surface area contributed by atoms with E-state index in [2.05, 4.69) is 20.9 Å². The lowest BCUT2D eigenvalue weighted by Gasteiger charge is -2.14. The zero-order valence-electron chi connectivity index (χ0n) is 11.2. The van der Waals surface area contributed by atoms with Crippen molar-refractivity contribution in [3.05, 3.63) is 55.6 Å². The summed E-state index contributed by atoms with van der Waals surface area (Å²) in [7, 11) is 1.61. The quantitative estimate of drug-likeness (QED) is 0.789. The van der Waals surface area contributed by atoms with Crippen molar-refractivity contribution >= 4 is 27.5 Å². The van der Waals surface area contributed by atoms with Crippen LogP contribution in [0.4, 0.5) is 0 Å². The first-order valence-electron chi connectivity index (χ1n) is 6.13. The van der Waals surface area contributed by atoms with E-state index < -0.39 is 0 Å². The second kappa shape index (κ2) is 6.41. The number of halogens is 2. The van der Waals surface area contributed by atoms with Gasteiger partial charge in [-0.2, -0.15) is 0 Å². The van der Waals surface area contributed by atoms with Crippen molar-refractivity contribution in [2.45, 2.75) is 19.9 Å². The second-order valence-electron chi connectivity index (χ2n) is 4.23. The Kier molecular flexibility index (Phi) is 4.83. The first kappa shape index (κ1) is 15.1. The predicted molar refractivity (Wildman–Crippen MR) is 82.7 cm³/mol. The molecule has 2 aromatic rings. The van der Waals surface area contributed by atoms with Crippen LogP contribution >= 0.6 is 27.5 Å². The van der Waals surface area contributed by atoms with Gasteiger partial charge in [-0.25, -0.2) is 4.98 Å². The number of hydrogen-bond acceptors (Lipinski definition) is 3. The smallest absolute Gasteiger partial charge is 0.255 e. The zero-order valence-corrected chi connectivity index (χ0v) is 13.5. The number of ether oxygens (including phenoxy) is 1. The van der Waals surface area contributed by atoms with E-state index >= 15 is 0 Å². The summed E-state index contributed by atoms with van der Waals surface area (Å²) in [5.74, 6) is 1.39. The summed E-state index contributed by atoms with van der Waals surface area (Å²) in [6.07, 6.45) is 0.631. The maximum Gasteiger partial charge on any atom is 0.255 e. The average Bonchev–Trinajstić information content (AvgIpc) is 2.41. The molecule has 0 unspecified atom stereocenters. The molecule has 106 valence electrons. The van der Waals surface area contributed by atoms with Gasteiger partial charge in [0.05, 0.1) is 13.7 Å². The van der Waals surface area contributed by atoms with Gasteiger partial charge in [0.2, 0.25) is 0 Å². The number of aryl methyl sites for hydroxylation is 1. The fraction of sp³-hybridized carbons (Fsp3) is 0.286. The highest BCUT2D eigenvalue weighted by Crippen LogP contribution is 2.23. The molecule has 0 saturated heterocycles. The van der Waals surface area contributed by atoms with Crippen molar-refractivity contribution in [2.75, 3.05) is 7.11 Å². The van der Waals surface area contributed by atoms with E-state index in [1.807, 2.05) is 25.1 Å². The van der Waals surface area contributed by atoms with Gasteiger partial charge in [-0.3, -0.25) is 9.36 Å². The number of methoxy groups -OCH3 is 1. The maximum atomic E-state index is 12.1. The summed E-state index contributed by atoms with van der Waals surface area (Å²) >= 11 is 9.26. The molecule has 0 radical (unpaired) electrons. The normalized spacial score (nSPS) is 10.6. The molecule has 1 heterocycles. The molecule has 0 saturated carbocycles. The molecule has 0 atom stereocenters. The SMILES string of the molecule is CCc1nc(Cl)cc(=O)n1Cc1cc(Br)ccc1OC. The Morgan fingerprint density at radius 3 is 2.80 bits per heavy atom. The monoisotopic (exact) mass is 356 g/mol. The molecule has 0 aliphatic carbocycles. The molecule has 1 aromatic heterocycles. The second-order valence-corrected chi connectivity index (χ2v) is 5.53. The molecule has 0 spiro atoms. The first-order chi connectivity index (χ1) is 9.55. The van der Waals surface area contributed by atoms with E-state index in [-0.39, 0.29) is 10.7 Å². The number of rotatable bonds is 4. The molecule has 0 aliphatic heterocycles. The fourth-order valence-electron chi connectivity index (χ4n) is 2.00. The molecule has 20 heavy (non-hydrogen) atoms. The highest BCUT2D eigenvalue weighted by atomic mass is 79.9. The molecule has 4 nitrogen and oxygen atoms in total. The van der Waals surface area contributed by atoms with Crippen molar-refractivity contribution in [3.63, 3.8) is 0 Å². The van der Waals surface area contributed by atoms with Gasteiger partial charge in [-0.05, 0) is 18.2 Å². The predicted octanol–water partition coefficient (Wildman–Crippen LogP) is 3.28. The zero-order chi connectivity index (χ0) is 14.7. The van der Waals surface area contributed by atoms with E-state index in [1.54, 1.807) is 11.7 Å². The standard InChI is InChI=1S/C14H14BrClN2O2/c1-3-13-17-12(16)7-14(19)18(13)8-9-6-10(15)4-5-11(9)20-2/h4-7H,3,8H2,1-2H3. The Labute approximate surface area is 130 Å². The van der Waals surface area contributed by atoms with Crippen molar-refractivity contribution in [3.8, 4) is 5.75 Å². The molecule has 2 rings (SSSR count). The Bertz CT molecular complexity index is 685. The molecule has 6 heteroatoms. The minimum Gasteiger partial charge on any atom is -0.496 e. The highest BCUT2D eigenvalue weighted by Gasteiger charge is 2.10. The Morgan fingerprint density at radius 1 is 1.40 bits per heavy atom. The van der Waals surface area contributed by atoms with Gasteiger partial charge in [-0.15, -0.1) is 0 Å². The lowest BCUT2D eigenvalue weighted by molar-refractivity contribution is 0.407. The van der Waals surface area contributed by atoms with Crippen LogP contribution in [-0.4, -0.2) is 16.7 Å². The van der Waals surface area contributed by atoms with Crippen LogP contribution in [0, 0.1) is 0 Å². The van der Waals surface area contributed by atoms with Crippen molar-refractivity contribution in [1.82, 2.24) is 9.55 Å². The number of aromatic nitrogens is 2. The van der Waals surface area contributed by atoms with Crippen LogP contribution in [0.3, 0.4) is 0 Å². The molecule has 0 bridgehead atoms. The van der Waals surface area contributed by atoms with Crippen LogP contribution in [0.15, 0.2) is 33.5 Å². The number of nitrogens with zero attached hydrogens (tertiary/aromatic N) is 2. The summed E-state index contributed by atoms with van der Waals surface area (Å²) in [5.41, 5.74) is 0.742. The van der Waals surface area contributed by atoms with Crippen LogP contribution in [0.1, 0.15) is 18.3 Å².